The number of hydrogen-bond acceptors (Lipinski definition) is 3. The maximum Gasteiger partial charge on any atom is 0.287 e. The highest BCUT2D eigenvalue weighted by Crippen LogP contribution is 2.11. The molecule has 0 aliphatic heterocycles. The fraction of sp³-hybridized carbons (Fsp3) is 0.364. The molecule has 0 radical (unpaired) electrons. The van der Waals surface area contributed by atoms with Gasteiger partial charge < -0.3 is 10.3 Å². The molecule has 90 valence electrons. The molecule has 0 saturated heterocycles. The molecule has 0 atom stereocenters. The zero-order valence-electron chi connectivity index (χ0n) is 10.1. The Morgan fingerprint density at radius 3 is 2.82 bits per heavy atom. The SMILES string of the molecule is Cc1nn(C)c(C)c1CNC(=O)c1ncc[nH]1. The molecular formula is C11H15N5O. The molecular weight excluding hydrogens is 218 g/mol. The smallest absolute Gasteiger partial charge is 0.287 e. The van der Waals surface area contributed by atoms with Crippen LogP contribution < -0.4 is 5.32 Å². The third-order valence-corrected chi connectivity index (χ3v) is 2.80. The molecule has 0 aliphatic carbocycles. The van der Waals surface area contributed by atoms with Crippen molar-refractivity contribution in [2.24, 2.45) is 7.05 Å². The minimum Gasteiger partial charge on any atom is -0.345 e. The highest BCUT2D eigenvalue weighted by atomic mass is 16.2. The van der Waals surface area contributed by atoms with Crippen molar-refractivity contribution in [3.8, 4) is 0 Å². The molecule has 6 nitrogen and oxygen atoms in total. The molecule has 2 N–H and O–H groups in total. The van der Waals surface area contributed by atoms with Crippen molar-refractivity contribution < 1.29 is 4.79 Å². The highest BCUT2D eigenvalue weighted by Gasteiger charge is 2.12. The Kier molecular flexibility index (Phi) is 2.95. The Balaban J connectivity index is 2.05. The Morgan fingerprint density at radius 2 is 2.29 bits per heavy atom. The number of rotatable bonds is 3. The zero-order valence-corrected chi connectivity index (χ0v) is 10.1. The molecule has 1 amide bonds. The van der Waals surface area contributed by atoms with Crippen LogP contribution in [-0.4, -0.2) is 25.7 Å². The van der Waals surface area contributed by atoms with Crippen LogP contribution in [0.15, 0.2) is 12.4 Å². The van der Waals surface area contributed by atoms with Gasteiger partial charge >= 0.3 is 0 Å². The second kappa shape index (κ2) is 4.40. The van der Waals surface area contributed by atoms with Crippen molar-refractivity contribution in [3.63, 3.8) is 0 Å². The average Bonchev–Trinajstić information content (AvgIpc) is 2.88. The first kappa shape index (κ1) is 11.4. The predicted octanol–water partition coefficient (Wildman–Crippen LogP) is 0.690. The molecule has 17 heavy (non-hydrogen) atoms. The number of H-pyrrole nitrogens is 1. The molecule has 0 unspecified atom stereocenters. The van der Waals surface area contributed by atoms with Crippen LogP contribution in [-0.2, 0) is 13.6 Å². The number of nitrogens with zero attached hydrogens (tertiary/aromatic N) is 3. The van der Waals surface area contributed by atoms with Gasteiger partial charge in [0.1, 0.15) is 0 Å². The van der Waals surface area contributed by atoms with Crippen LogP contribution in [0.5, 0.6) is 0 Å². The Labute approximate surface area is 99.1 Å². The van der Waals surface area contributed by atoms with Gasteiger partial charge in [-0.2, -0.15) is 5.10 Å². The molecule has 0 spiro atoms. The first-order valence-electron chi connectivity index (χ1n) is 5.36. The van der Waals surface area contributed by atoms with Gasteiger partial charge in [-0.05, 0) is 13.8 Å². The van der Waals surface area contributed by atoms with Crippen molar-refractivity contribution in [3.05, 3.63) is 35.2 Å². The van der Waals surface area contributed by atoms with Crippen LogP contribution in [0.1, 0.15) is 27.6 Å². The summed E-state index contributed by atoms with van der Waals surface area (Å²) in [5, 5.41) is 7.10. The van der Waals surface area contributed by atoms with Crippen molar-refractivity contribution in [2.45, 2.75) is 20.4 Å². The van der Waals surface area contributed by atoms with E-state index >= 15 is 0 Å². The summed E-state index contributed by atoms with van der Waals surface area (Å²) in [5.41, 5.74) is 3.04. The van der Waals surface area contributed by atoms with Crippen molar-refractivity contribution in [2.75, 3.05) is 0 Å². The predicted molar refractivity (Wildman–Crippen MR) is 62.4 cm³/mol. The van der Waals surface area contributed by atoms with Gasteiger partial charge in [-0.1, -0.05) is 0 Å². The Bertz CT molecular complexity index is 526. The van der Waals surface area contributed by atoms with E-state index in [2.05, 4.69) is 20.4 Å². The topological polar surface area (TPSA) is 75.6 Å². The molecule has 2 heterocycles. The van der Waals surface area contributed by atoms with Gasteiger partial charge in [0.2, 0.25) is 0 Å². The molecule has 0 aliphatic rings. The van der Waals surface area contributed by atoms with E-state index in [4.69, 9.17) is 0 Å². The molecule has 2 aromatic heterocycles. The van der Waals surface area contributed by atoms with Crippen molar-refractivity contribution in [1.82, 2.24) is 25.1 Å². The number of carbonyl (C=O) groups excluding carboxylic acids is 1. The van der Waals surface area contributed by atoms with E-state index in [0.717, 1.165) is 17.0 Å². The van der Waals surface area contributed by atoms with E-state index < -0.39 is 0 Å². The van der Waals surface area contributed by atoms with Crippen LogP contribution in [0.25, 0.3) is 0 Å². The minimum atomic E-state index is -0.211. The van der Waals surface area contributed by atoms with Crippen LogP contribution >= 0.6 is 0 Å². The highest BCUT2D eigenvalue weighted by molar-refractivity contribution is 5.90. The summed E-state index contributed by atoms with van der Waals surface area (Å²) in [5.74, 6) is 0.113. The second-order valence-electron chi connectivity index (χ2n) is 3.89. The summed E-state index contributed by atoms with van der Waals surface area (Å²) in [6, 6.07) is 0. The standard InChI is InChI=1S/C11H15N5O/c1-7-9(8(2)16(3)15-7)6-14-11(17)10-12-4-5-13-10/h4-5H,6H2,1-3H3,(H,12,13)(H,14,17). The van der Waals surface area contributed by atoms with Crippen LogP contribution in [0.4, 0.5) is 0 Å². The number of aromatic nitrogens is 4. The lowest BCUT2D eigenvalue weighted by Crippen LogP contribution is -2.24. The molecule has 0 aromatic carbocycles. The van der Waals surface area contributed by atoms with Gasteiger partial charge in [0, 0.05) is 37.2 Å². The third kappa shape index (κ3) is 2.20. The summed E-state index contributed by atoms with van der Waals surface area (Å²) in [6.07, 6.45) is 3.17. The first-order chi connectivity index (χ1) is 8.09. The average molecular weight is 233 g/mol. The van der Waals surface area contributed by atoms with Gasteiger partial charge in [0.05, 0.1) is 5.69 Å². The fourth-order valence-electron chi connectivity index (χ4n) is 1.72. The number of carbonyl (C=O) groups is 1. The summed E-state index contributed by atoms with van der Waals surface area (Å²) in [4.78, 5) is 18.3. The number of amides is 1. The second-order valence-corrected chi connectivity index (χ2v) is 3.89. The molecule has 2 rings (SSSR count). The molecule has 0 fully saturated rings. The third-order valence-electron chi connectivity index (χ3n) is 2.80. The quantitative estimate of drug-likeness (QED) is 0.819. The van der Waals surface area contributed by atoms with Crippen LogP contribution in [0.2, 0.25) is 0 Å². The largest absolute Gasteiger partial charge is 0.345 e. The molecule has 2 aromatic rings. The van der Waals surface area contributed by atoms with Crippen LogP contribution in [0.3, 0.4) is 0 Å². The number of hydrogen-bond donors (Lipinski definition) is 2. The van der Waals surface area contributed by atoms with Gasteiger partial charge in [-0.25, -0.2) is 4.98 Å². The number of aryl methyl sites for hydroxylation is 2. The van der Waals surface area contributed by atoms with E-state index in [1.165, 1.54) is 0 Å². The van der Waals surface area contributed by atoms with Gasteiger partial charge in [0.15, 0.2) is 5.82 Å². The first-order valence-corrected chi connectivity index (χ1v) is 5.36. The Morgan fingerprint density at radius 1 is 1.53 bits per heavy atom. The fourth-order valence-corrected chi connectivity index (χ4v) is 1.72. The molecule has 0 bridgehead atoms. The van der Waals surface area contributed by atoms with Gasteiger partial charge in [-0.3, -0.25) is 9.48 Å². The van der Waals surface area contributed by atoms with Gasteiger partial charge in [0.25, 0.3) is 5.91 Å². The summed E-state index contributed by atoms with van der Waals surface area (Å²) in [7, 11) is 1.89. The number of imidazole rings is 1. The molecule has 0 saturated carbocycles. The van der Waals surface area contributed by atoms with E-state index in [9.17, 15) is 4.79 Å². The normalized spacial score (nSPS) is 10.5. The number of nitrogens with one attached hydrogen (secondary N) is 2. The van der Waals surface area contributed by atoms with E-state index in [0.29, 0.717) is 12.4 Å². The summed E-state index contributed by atoms with van der Waals surface area (Å²) in [6.45, 7) is 4.38. The minimum absolute atomic E-state index is 0.211. The van der Waals surface area contributed by atoms with Crippen molar-refractivity contribution >= 4 is 5.91 Å². The van der Waals surface area contributed by atoms with Crippen LogP contribution in [0, 0.1) is 13.8 Å². The lowest BCUT2D eigenvalue weighted by molar-refractivity contribution is 0.0941. The lowest BCUT2D eigenvalue weighted by atomic mass is 10.2. The lowest BCUT2D eigenvalue weighted by Gasteiger charge is -2.03. The van der Waals surface area contributed by atoms with Crippen molar-refractivity contribution in [1.29, 1.82) is 0 Å². The maximum absolute atomic E-state index is 11.7. The maximum atomic E-state index is 11.7. The van der Waals surface area contributed by atoms with E-state index in [1.807, 2.05) is 25.6 Å². The molecule has 6 heteroatoms. The zero-order chi connectivity index (χ0) is 12.4. The van der Waals surface area contributed by atoms with E-state index in [1.54, 1.807) is 12.4 Å². The monoisotopic (exact) mass is 233 g/mol. The van der Waals surface area contributed by atoms with E-state index in [-0.39, 0.29) is 5.91 Å². The Hall–Kier alpha value is -2.11. The van der Waals surface area contributed by atoms with Gasteiger partial charge in [-0.15, -0.1) is 0 Å². The number of aromatic amines is 1. The summed E-state index contributed by atoms with van der Waals surface area (Å²) >= 11 is 0. The summed E-state index contributed by atoms with van der Waals surface area (Å²) < 4.78 is 1.81.